The molecule has 0 saturated carbocycles. The third kappa shape index (κ3) is 3.33. The van der Waals surface area contributed by atoms with Gasteiger partial charge in [0.1, 0.15) is 0 Å². The topological polar surface area (TPSA) is 23.6 Å². The molecular weight excluding hydrogens is 224 g/mol. The first-order valence-corrected chi connectivity index (χ1v) is 6.66. The van der Waals surface area contributed by atoms with Gasteiger partial charge in [0.2, 0.25) is 5.91 Å². The molecule has 1 aromatic rings. The quantitative estimate of drug-likeness (QED) is 0.815. The first kappa shape index (κ1) is 13.1. The van der Waals surface area contributed by atoms with E-state index in [9.17, 15) is 4.79 Å². The third-order valence-corrected chi connectivity index (χ3v) is 3.73. The van der Waals surface area contributed by atoms with E-state index in [1.807, 2.05) is 23.1 Å². The molecule has 1 aromatic carbocycles. The lowest BCUT2D eigenvalue weighted by Crippen LogP contribution is -2.45. The normalized spacial score (nSPS) is 17.7. The highest BCUT2D eigenvalue weighted by atomic mass is 16.2. The van der Waals surface area contributed by atoms with E-state index in [0.717, 1.165) is 32.5 Å². The van der Waals surface area contributed by atoms with Crippen LogP contribution in [0.15, 0.2) is 30.3 Å². The van der Waals surface area contributed by atoms with Gasteiger partial charge in [-0.3, -0.25) is 4.79 Å². The van der Waals surface area contributed by atoms with Crippen LogP contribution in [0.1, 0.15) is 25.3 Å². The summed E-state index contributed by atoms with van der Waals surface area (Å²) in [5, 5.41) is 0. The van der Waals surface area contributed by atoms with Gasteiger partial charge in [-0.05, 0) is 38.5 Å². The molecule has 1 saturated heterocycles. The number of carbonyl (C=O) groups is 1. The number of hydrogen-bond donors (Lipinski definition) is 0. The number of piperidine rings is 1. The predicted octanol–water partition coefficient (Wildman–Crippen LogP) is 2.13. The van der Waals surface area contributed by atoms with Crippen LogP contribution in [0, 0.1) is 0 Å². The summed E-state index contributed by atoms with van der Waals surface area (Å²) in [4.78, 5) is 16.2. The molecule has 1 heterocycles. The van der Waals surface area contributed by atoms with E-state index in [-0.39, 0.29) is 5.91 Å². The SMILES string of the molecule is CC(=O)N(Cc1ccccc1)C1CCN(C)CC1. The lowest BCUT2D eigenvalue weighted by atomic mass is 10.0. The number of likely N-dealkylation sites (tertiary alicyclic amines) is 1. The summed E-state index contributed by atoms with van der Waals surface area (Å²) in [6.07, 6.45) is 2.17. The zero-order valence-electron chi connectivity index (χ0n) is 11.3. The molecular formula is C15H22N2O. The molecule has 0 unspecified atom stereocenters. The minimum absolute atomic E-state index is 0.188. The Labute approximate surface area is 109 Å². The lowest BCUT2D eigenvalue weighted by Gasteiger charge is -2.37. The van der Waals surface area contributed by atoms with Crippen molar-refractivity contribution in [3.63, 3.8) is 0 Å². The number of carbonyl (C=O) groups excluding carboxylic acids is 1. The Bertz CT molecular complexity index is 383. The van der Waals surface area contributed by atoms with E-state index < -0.39 is 0 Å². The second-order valence-electron chi connectivity index (χ2n) is 5.17. The molecule has 2 rings (SSSR count). The second kappa shape index (κ2) is 6.01. The molecule has 1 aliphatic rings. The summed E-state index contributed by atoms with van der Waals surface area (Å²) in [5.41, 5.74) is 1.21. The Balaban J connectivity index is 2.02. The van der Waals surface area contributed by atoms with Crippen molar-refractivity contribution in [2.75, 3.05) is 20.1 Å². The number of rotatable bonds is 3. The van der Waals surface area contributed by atoms with Crippen LogP contribution in [0.2, 0.25) is 0 Å². The van der Waals surface area contributed by atoms with E-state index in [0.29, 0.717) is 6.04 Å². The highest BCUT2D eigenvalue weighted by Gasteiger charge is 2.24. The fraction of sp³-hybridized carbons (Fsp3) is 0.533. The number of benzene rings is 1. The minimum Gasteiger partial charge on any atom is -0.336 e. The fourth-order valence-electron chi connectivity index (χ4n) is 2.58. The molecule has 0 N–H and O–H groups in total. The molecule has 1 amide bonds. The van der Waals surface area contributed by atoms with Gasteiger partial charge in [0.05, 0.1) is 0 Å². The molecule has 1 aliphatic heterocycles. The van der Waals surface area contributed by atoms with Crippen molar-refractivity contribution in [3.8, 4) is 0 Å². The van der Waals surface area contributed by atoms with Crippen LogP contribution in [-0.2, 0) is 11.3 Å². The van der Waals surface area contributed by atoms with Gasteiger partial charge in [0.25, 0.3) is 0 Å². The Morgan fingerprint density at radius 1 is 1.28 bits per heavy atom. The predicted molar refractivity (Wildman–Crippen MR) is 73.2 cm³/mol. The standard InChI is InChI=1S/C15H22N2O/c1-13(18)17(12-14-6-4-3-5-7-14)15-8-10-16(2)11-9-15/h3-7,15H,8-12H2,1-2H3. The van der Waals surface area contributed by atoms with Gasteiger partial charge in [-0.2, -0.15) is 0 Å². The maximum absolute atomic E-state index is 11.8. The Hall–Kier alpha value is -1.35. The molecule has 0 radical (unpaired) electrons. The van der Waals surface area contributed by atoms with Crippen LogP contribution in [0.4, 0.5) is 0 Å². The lowest BCUT2D eigenvalue weighted by molar-refractivity contribution is -0.132. The van der Waals surface area contributed by atoms with Crippen molar-refractivity contribution in [3.05, 3.63) is 35.9 Å². The van der Waals surface area contributed by atoms with E-state index in [1.165, 1.54) is 5.56 Å². The summed E-state index contributed by atoms with van der Waals surface area (Å²) in [5.74, 6) is 0.188. The van der Waals surface area contributed by atoms with Crippen LogP contribution >= 0.6 is 0 Å². The van der Waals surface area contributed by atoms with Gasteiger partial charge < -0.3 is 9.80 Å². The van der Waals surface area contributed by atoms with E-state index >= 15 is 0 Å². The van der Waals surface area contributed by atoms with Gasteiger partial charge in [0, 0.05) is 19.5 Å². The Kier molecular flexibility index (Phi) is 4.37. The number of hydrogen-bond acceptors (Lipinski definition) is 2. The van der Waals surface area contributed by atoms with Crippen molar-refractivity contribution in [1.82, 2.24) is 9.80 Å². The second-order valence-corrected chi connectivity index (χ2v) is 5.17. The molecule has 18 heavy (non-hydrogen) atoms. The average molecular weight is 246 g/mol. The Morgan fingerprint density at radius 3 is 2.44 bits per heavy atom. The van der Waals surface area contributed by atoms with Crippen LogP contribution in [0.3, 0.4) is 0 Å². The summed E-state index contributed by atoms with van der Waals surface area (Å²) < 4.78 is 0. The smallest absolute Gasteiger partial charge is 0.219 e. The van der Waals surface area contributed by atoms with Crippen LogP contribution in [0.5, 0.6) is 0 Å². The summed E-state index contributed by atoms with van der Waals surface area (Å²) >= 11 is 0. The van der Waals surface area contributed by atoms with Crippen molar-refractivity contribution in [1.29, 1.82) is 0 Å². The van der Waals surface area contributed by atoms with Gasteiger partial charge in [-0.25, -0.2) is 0 Å². The molecule has 0 spiro atoms. The zero-order chi connectivity index (χ0) is 13.0. The third-order valence-electron chi connectivity index (χ3n) is 3.73. The summed E-state index contributed by atoms with van der Waals surface area (Å²) in [6.45, 7) is 4.60. The fourth-order valence-corrected chi connectivity index (χ4v) is 2.58. The minimum atomic E-state index is 0.188. The summed E-state index contributed by atoms with van der Waals surface area (Å²) in [6, 6.07) is 10.6. The van der Waals surface area contributed by atoms with Crippen molar-refractivity contribution in [2.45, 2.75) is 32.4 Å². The van der Waals surface area contributed by atoms with Crippen molar-refractivity contribution < 1.29 is 4.79 Å². The zero-order valence-corrected chi connectivity index (χ0v) is 11.3. The highest BCUT2D eigenvalue weighted by molar-refractivity contribution is 5.73. The van der Waals surface area contributed by atoms with Gasteiger partial charge >= 0.3 is 0 Å². The first-order chi connectivity index (χ1) is 8.66. The van der Waals surface area contributed by atoms with Gasteiger partial charge in [-0.1, -0.05) is 30.3 Å². The molecule has 3 nitrogen and oxygen atoms in total. The molecule has 0 bridgehead atoms. The van der Waals surface area contributed by atoms with E-state index in [1.54, 1.807) is 6.92 Å². The first-order valence-electron chi connectivity index (χ1n) is 6.66. The number of nitrogens with zero attached hydrogens (tertiary/aromatic N) is 2. The molecule has 1 fully saturated rings. The van der Waals surface area contributed by atoms with Crippen LogP contribution < -0.4 is 0 Å². The molecule has 0 aromatic heterocycles. The largest absolute Gasteiger partial charge is 0.336 e. The molecule has 0 aliphatic carbocycles. The van der Waals surface area contributed by atoms with Crippen LogP contribution in [0.25, 0.3) is 0 Å². The van der Waals surface area contributed by atoms with Crippen molar-refractivity contribution >= 4 is 5.91 Å². The molecule has 3 heteroatoms. The van der Waals surface area contributed by atoms with Crippen LogP contribution in [-0.4, -0.2) is 41.9 Å². The van der Waals surface area contributed by atoms with Crippen molar-refractivity contribution in [2.24, 2.45) is 0 Å². The van der Waals surface area contributed by atoms with Gasteiger partial charge in [0.15, 0.2) is 0 Å². The van der Waals surface area contributed by atoms with E-state index in [4.69, 9.17) is 0 Å². The molecule has 98 valence electrons. The summed E-state index contributed by atoms with van der Waals surface area (Å²) in [7, 11) is 2.14. The maximum atomic E-state index is 11.8. The van der Waals surface area contributed by atoms with E-state index in [2.05, 4.69) is 24.1 Å². The highest BCUT2D eigenvalue weighted by Crippen LogP contribution is 2.18. The number of amides is 1. The van der Waals surface area contributed by atoms with Gasteiger partial charge in [-0.15, -0.1) is 0 Å². The maximum Gasteiger partial charge on any atom is 0.219 e. The average Bonchev–Trinajstić information content (AvgIpc) is 2.38. The monoisotopic (exact) mass is 246 g/mol. The molecule has 0 atom stereocenters. The Morgan fingerprint density at radius 2 is 1.89 bits per heavy atom.